The van der Waals surface area contributed by atoms with Gasteiger partial charge in [-0.1, -0.05) is 13.8 Å². The van der Waals surface area contributed by atoms with Crippen LogP contribution in [-0.4, -0.2) is 31.3 Å². The van der Waals surface area contributed by atoms with Crippen LogP contribution >= 0.6 is 0 Å². The van der Waals surface area contributed by atoms with Gasteiger partial charge in [0.25, 0.3) is 0 Å². The molecule has 2 unspecified atom stereocenters. The lowest BCUT2D eigenvalue weighted by Gasteiger charge is -2.11. The second kappa shape index (κ2) is 6.45. The van der Waals surface area contributed by atoms with Crippen molar-refractivity contribution < 1.29 is 18.3 Å². The van der Waals surface area contributed by atoms with Crippen LogP contribution in [0.25, 0.3) is 0 Å². The van der Waals surface area contributed by atoms with Gasteiger partial charge in [0.05, 0.1) is 12.0 Å². The molecule has 0 spiro atoms. The second-order valence-electron chi connectivity index (χ2n) is 3.49. The number of aliphatic carboxylic acids is 1. The van der Waals surface area contributed by atoms with Crippen molar-refractivity contribution >= 4 is 16.0 Å². The minimum Gasteiger partial charge on any atom is -0.481 e. The maximum Gasteiger partial charge on any atom is 0.306 e. The van der Waals surface area contributed by atoms with Crippen molar-refractivity contribution in [3.8, 4) is 6.07 Å². The first-order valence-electron chi connectivity index (χ1n) is 4.96. The maximum atomic E-state index is 11.5. The fraction of sp³-hybridized carbons (Fsp3) is 0.778. The summed E-state index contributed by atoms with van der Waals surface area (Å²) in [6, 6.07) is 1.69. The zero-order valence-corrected chi connectivity index (χ0v) is 10.1. The number of carboxylic acids is 1. The normalized spacial score (nSPS) is 15.1. The van der Waals surface area contributed by atoms with Gasteiger partial charge in [-0.2, -0.15) is 5.26 Å². The lowest BCUT2D eigenvalue weighted by molar-refractivity contribution is -0.141. The third-order valence-electron chi connectivity index (χ3n) is 2.19. The van der Waals surface area contributed by atoms with Gasteiger partial charge in [-0.3, -0.25) is 4.79 Å². The SMILES string of the molecule is CCC(C#N)S(=O)(=O)NCCC(C)C(=O)O. The fourth-order valence-corrected chi connectivity index (χ4v) is 2.20. The molecule has 0 aromatic rings. The van der Waals surface area contributed by atoms with Crippen molar-refractivity contribution in [1.82, 2.24) is 4.72 Å². The van der Waals surface area contributed by atoms with Gasteiger partial charge in [-0.15, -0.1) is 0 Å². The van der Waals surface area contributed by atoms with Gasteiger partial charge in [0.1, 0.15) is 0 Å². The van der Waals surface area contributed by atoms with Crippen LogP contribution in [0.15, 0.2) is 0 Å². The van der Waals surface area contributed by atoms with Crippen LogP contribution in [0.4, 0.5) is 0 Å². The zero-order valence-electron chi connectivity index (χ0n) is 9.30. The number of sulfonamides is 1. The summed E-state index contributed by atoms with van der Waals surface area (Å²) in [5, 5.41) is 16.1. The fourth-order valence-electron chi connectivity index (χ4n) is 1.02. The molecule has 0 rings (SSSR count). The number of carbonyl (C=O) groups is 1. The van der Waals surface area contributed by atoms with E-state index < -0.39 is 27.2 Å². The van der Waals surface area contributed by atoms with E-state index in [1.807, 2.05) is 0 Å². The van der Waals surface area contributed by atoms with Gasteiger partial charge in [-0.25, -0.2) is 13.1 Å². The van der Waals surface area contributed by atoms with Crippen molar-refractivity contribution in [2.75, 3.05) is 6.54 Å². The van der Waals surface area contributed by atoms with E-state index in [0.717, 1.165) is 0 Å². The molecule has 2 N–H and O–H groups in total. The largest absolute Gasteiger partial charge is 0.481 e. The zero-order chi connectivity index (χ0) is 12.8. The molecule has 0 saturated carbocycles. The minimum atomic E-state index is -3.65. The highest BCUT2D eigenvalue weighted by Crippen LogP contribution is 2.05. The van der Waals surface area contributed by atoms with Crippen LogP contribution in [-0.2, 0) is 14.8 Å². The summed E-state index contributed by atoms with van der Waals surface area (Å²) in [5.74, 6) is -1.57. The molecule has 0 aliphatic rings. The Hall–Kier alpha value is -1.13. The summed E-state index contributed by atoms with van der Waals surface area (Å²) in [5.41, 5.74) is 0. The molecule has 0 aromatic carbocycles. The highest BCUT2D eigenvalue weighted by molar-refractivity contribution is 7.90. The molecule has 0 aliphatic heterocycles. The molecule has 0 radical (unpaired) electrons. The van der Waals surface area contributed by atoms with Crippen LogP contribution in [0.5, 0.6) is 0 Å². The standard InChI is InChI=1S/C9H16N2O4S/c1-3-8(6-10)16(14,15)11-5-4-7(2)9(12)13/h7-8,11H,3-5H2,1-2H3,(H,12,13). The molecule has 0 aliphatic carbocycles. The Labute approximate surface area is 95.3 Å². The van der Waals surface area contributed by atoms with Crippen LogP contribution < -0.4 is 4.72 Å². The molecule has 6 nitrogen and oxygen atoms in total. The van der Waals surface area contributed by atoms with Crippen molar-refractivity contribution in [3.05, 3.63) is 0 Å². The van der Waals surface area contributed by atoms with Gasteiger partial charge in [0.15, 0.2) is 5.25 Å². The van der Waals surface area contributed by atoms with Crippen molar-refractivity contribution in [1.29, 1.82) is 5.26 Å². The van der Waals surface area contributed by atoms with E-state index in [1.54, 1.807) is 13.0 Å². The number of nitriles is 1. The Morgan fingerprint density at radius 3 is 2.50 bits per heavy atom. The molecule has 7 heteroatoms. The third-order valence-corrected chi connectivity index (χ3v) is 3.99. The van der Waals surface area contributed by atoms with E-state index in [0.29, 0.717) is 0 Å². The van der Waals surface area contributed by atoms with Gasteiger partial charge in [0, 0.05) is 6.54 Å². The van der Waals surface area contributed by atoms with E-state index >= 15 is 0 Å². The molecule has 0 amide bonds. The first-order chi connectivity index (χ1) is 7.35. The Morgan fingerprint density at radius 2 is 2.12 bits per heavy atom. The third kappa shape index (κ3) is 4.59. The summed E-state index contributed by atoms with van der Waals surface area (Å²) >= 11 is 0. The summed E-state index contributed by atoms with van der Waals surface area (Å²) in [4.78, 5) is 10.5. The Kier molecular flexibility index (Phi) is 6.00. The van der Waals surface area contributed by atoms with Crippen LogP contribution in [0.2, 0.25) is 0 Å². The molecule has 16 heavy (non-hydrogen) atoms. The monoisotopic (exact) mass is 248 g/mol. The molecule has 0 heterocycles. The van der Waals surface area contributed by atoms with E-state index in [4.69, 9.17) is 10.4 Å². The second-order valence-corrected chi connectivity index (χ2v) is 5.44. The first-order valence-corrected chi connectivity index (χ1v) is 6.50. The average Bonchev–Trinajstić information content (AvgIpc) is 2.18. The van der Waals surface area contributed by atoms with E-state index in [-0.39, 0.29) is 19.4 Å². The summed E-state index contributed by atoms with van der Waals surface area (Å²) in [6.45, 7) is 3.14. The summed E-state index contributed by atoms with van der Waals surface area (Å²) < 4.78 is 25.2. The highest BCUT2D eigenvalue weighted by Gasteiger charge is 2.23. The van der Waals surface area contributed by atoms with Crippen molar-refractivity contribution in [2.45, 2.75) is 31.9 Å². The molecule has 0 aromatic heterocycles. The first kappa shape index (κ1) is 14.9. The molecular formula is C9H16N2O4S. The molecule has 0 saturated heterocycles. The van der Waals surface area contributed by atoms with Crippen LogP contribution in [0, 0.1) is 17.2 Å². The van der Waals surface area contributed by atoms with Crippen LogP contribution in [0.3, 0.4) is 0 Å². The number of carboxylic acid groups (broad SMARTS) is 1. The quantitative estimate of drug-likeness (QED) is 0.674. The van der Waals surface area contributed by atoms with Crippen molar-refractivity contribution in [2.24, 2.45) is 5.92 Å². The van der Waals surface area contributed by atoms with E-state index in [2.05, 4.69) is 4.72 Å². The Bertz CT molecular complexity index is 371. The van der Waals surface area contributed by atoms with Gasteiger partial charge < -0.3 is 5.11 Å². The maximum absolute atomic E-state index is 11.5. The molecule has 2 atom stereocenters. The van der Waals surface area contributed by atoms with Crippen LogP contribution in [0.1, 0.15) is 26.7 Å². The van der Waals surface area contributed by atoms with Gasteiger partial charge >= 0.3 is 5.97 Å². The smallest absolute Gasteiger partial charge is 0.306 e. The summed E-state index contributed by atoms with van der Waals surface area (Å²) in [6.07, 6.45) is 0.413. The van der Waals surface area contributed by atoms with E-state index in [9.17, 15) is 13.2 Å². The van der Waals surface area contributed by atoms with E-state index in [1.165, 1.54) is 6.92 Å². The van der Waals surface area contributed by atoms with Gasteiger partial charge in [-0.05, 0) is 12.8 Å². The lowest BCUT2D eigenvalue weighted by Crippen LogP contribution is -2.34. The number of rotatable bonds is 7. The number of nitrogens with zero attached hydrogens (tertiary/aromatic N) is 1. The predicted molar refractivity (Wildman–Crippen MR) is 58.0 cm³/mol. The topological polar surface area (TPSA) is 107 Å². The highest BCUT2D eigenvalue weighted by atomic mass is 32.2. The lowest BCUT2D eigenvalue weighted by atomic mass is 10.1. The molecule has 0 fully saturated rings. The molecular weight excluding hydrogens is 232 g/mol. The summed E-state index contributed by atoms with van der Waals surface area (Å²) in [7, 11) is -3.65. The van der Waals surface area contributed by atoms with Gasteiger partial charge in [0.2, 0.25) is 10.0 Å². The number of nitrogens with one attached hydrogen (secondary N) is 1. The minimum absolute atomic E-state index is 0.0357. The number of hydrogen-bond donors (Lipinski definition) is 2. The Balaban J connectivity index is 4.22. The molecule has 92 valence electrons. The Morgan fingerprint density at radius 1 is 1.56 bits per heavy atom. The van der Waals surface area contributed by atoms with Crippen molar-refractivity contribution in [3.63, 3.8) is 0 Å². The predicted octanol–water partition coefficient (Wildman–Crippen LogP) is 0.319. The average molecular weight is 248 g/mol. The number of hydrogen-bond acceptors (Lipinski definition) is 4. The molecule has 0 bridgehead atoms.